The van der Waals surface area contributed by atoms with Crippen LogP contribution in [0.5, 0.6) is 0 Å². The first-order valence-corrected chi connectivity index (χ1v) is 4.88. The van der Waals surface area contributed by atoms with Gasteiger partial charge in [-0.15, -0.1) is 0 Å². The number of aryl methyl sites for hydroxylation is 1. The first-order valence-electron chi connectivity index (χ1n) is 4.88. The summed E-state index contributed by atoms with van der Waals surface area (Å²) in [5, 5.41) is 10.5. The minimum atomic E-state index is -0.532. The molecule has 0 spiro atoms. The van der Waals surface area contributed by atoms with Gasteiger partial charge in [-0.2, -0.15) is 0 Å². The van der Waals surface area contributed by atoms with Gasteiger partial charge in [0.25, 0.3) is 11.2 Å². The normalized spacial score (nSPS) is 10.2. The average Bonchev–Trinajstić information content (AvgIpc) is 2.32. The van der Waals surface area contributed by atoms with E-state index in [0.717, 1.165) is 11.8 Å². The summed E-state index contributed by atoms with van der Waals surface area (Å²) in [7, 11) is 0. The van der Waals surface area contributed by atoms with Gasteiger partial charge in [-0.25, -0.2) is 4.98 Å². The van der Waals surface area contributed by atoms with E-state index >= 15 is 0 Å². The fourth-order valence-electron chi connectivity index (χ4n) is 1.40. The molecule has 0 N–H and O–H groups in total. The van der Waals surface area contributed by atoms with Crippen molar-refractivity contribution in [3.05, 3.63) is 62.7 Å². The van der Waals surface area contributed by atoms with Crippen LogP contribution in [0.25, 0.3) is 5.82 Å². The van der Waals surface area contributed by atoms with Crippen molar-refractivity contribution in [3.8, 4) is 5.82 Å². The molecular formula is C11H9N3O3. The van der Waals surface area contributed by atoms with Gasteiger partial charge in [0, 0.05) is 18.3 Å². The molecule has 0 aromatic carbocycles. The van der Waals surface area contributed by atoms with Crippen LogP contribution in [0.3, 0.4) is 0 Å². The Bertz CT molecular complexity index is 617. The zero-order valence-electron chi connectivity index (χ0n) is 9.03. The summed E-state index contributed by atoms with van der Waals surface area (Å²) in [5.74, 6) is 0.365. The molecule has 0 fully saturated rings. The van der Waals surface area contributed by atoms with Gasteiger partial charge in [-0.05, 0) is 18.6 Å². The first-order chi connectivity index (χ1) is 8.08. The van der Waals surface area contributed by atoms with E-state index < -0.39 is 4.92 Å². The largest absolute Gasteiger partial charge is 0.287 e. The number of rotatable bonds is 2. The molecule has 86 valence electrons. The Kier molecular flexibility index (Phi) is 2.70. The van der Waals surface area contributed by atoms with Gasteiger partial charge in [-0.1, -0.05) is 6.07 Å². The summed E-state index contributed by atoms with van der Waals surface area (Å²) in [6.45, 7) is 1.85. The van der Waals surface area contributed by atoms with Crippen LogP contribution in [0.4, 0.5) is 5.69 Å². The van der Waals surface area contributed by atoms with Crippen LogP contribution in [0.2, 0.25) is 0 Å². The molecular weight excluding hydrogens is 222 g/mol. The maximum atomic E-state index is 11.6. The molecule has 6 heteroatoms. The van der Waals surface area contributed by atoms with Gasteiger partial charge in [0.1, 0.15) is 12.0 Å². The second-order valence-electron chi connectivity index (χ2n) is 3.55. The fraction of sp³-hybridized carbons (Fsp3) is 0.0909. The van der Waals surface area contributed by atoms with Crippen LogP contribution >= 0.6 is 0 Å². The lowest BCUT2D eigenvalue weighted by Crippen LogP contribution is -2.17. The Morgan fingerprint density at radius 2 is 2.06 bits per heavy atom. The smallest absolute Gasteiger partial charge is 0.269 e. The molecule has 0 saturated heterocycles. The molecule has 0 aliphatic rings. The Morgan fingerprint density at radius 3 is 2.65 bits per heavy atom. The highest BCUT2D eigenvalue weighted by atomic mass is 16.6. The molecule has 2 aromatic heterocycles. The van der Waals surface area contributed by atoms with Crippen molar-refractivity contribution in [2.24, 2.45) is 0 Å². The number of nitrogens with zero attached hydrogens (tertiary/aromatic N) is 3. The van der Waals surface area contributed by atoms with Crippen LogP contribution in [0, 0.1) is 17.0 Å². The van der Waals surface area contributed by atoms with Crippen LogP contribution in [0.15, 0.2) is 41.5 Å². The highest BCUT2D eigenvalue weighted by Gasteiger charge is 2.07. The molecule has 0 amide bonds. The van der Waals surface area contributed by atoms with E-state index in [1.807, 2.05) is 6.92 Å². The van der Waals surface area contributed by atoms with Gasteiger partial charge in [-0.3, -0.25) is 19.5 Å². The van der Waals surface area contributed by atoms with E-state index in [-0.39, 0.29) is 11.2 Å². The summed E-state index contributed by atoms with van der Waals surface area (Å²) in [5.41, 5.74) is 0.580. The van der Waals surface area contributed by atoms with E-state index in [9.17, 15) is 14.9 Å². The molecule has 0 saturated carbocycles. The zero-order valence-corrected chi connectivity index (χ0v) is 9.03. The fourth-order valence-corrected chi connectivity index (χ4v) is 1.40. The number of hydrogen-bond acceptors (Lipinski definition) is 4. The Labute approximate surface area is 96.3 Å². The highest BCUT2D eigenvalue weighted by Crippen LogP contribution is 2.10. The number of hydrogen-bond donors (Lipinski definition) is 0. The standard InChI is InChI=1S/C11H9N3O3/c1-8-2-5-11(15)13(7-8)10-4-3-9(6-12-10)14(16)17/h2-7H,1H3. The minimum absolute atomic E-state index is 0.102. The van der Waals surface area contributed by atoms with Crippen molar-refractivity contribution in [1.29, 1.82) is 0 Å². The summed E-state index contributed by atoms with van der Waals surface area (Å²) < 4.78 is 1.35. The topological polar surface area (TPSA) is 78.0 Å². The molecule has 0 bridgehead atoms. The number of aromatic nitrogens is 2. The summed E-state index contributed by atoms with van der Waals surface area (Å²) in [6.07, 6.45) is 2.76. The maximum absolute atomic E-state index is 11.6. The van der Waals surface area contributed by atoms with Crippen LogP contribution in [-0.2, 0) is 0 Å². The highest BCUT2D eigenvalue weighted by molar-refractivity contribution is 5.33. The average molecular weight is 231 g/mol. The van der Waals surface area contributed by atoms with Gasteiger partial charge in [0.05, 0.1) is 4.92 Å². The van der Waals surface area contributed by atoms with E-state index in [2.05, 4.69) is 4.98 Å². The number of nitro groups is 1. The molecule has 0 radical (unpaired) electrons. The van der Waals surface area contributed by atoms with E-state index in [1.54, 1.807) is 12.3 Å². The summed E-state index contributed by atoms with van der Waals surface area (Å²) in [4.78, 5) is 25.4. The van der Waals surface area contributed by atoms with Crippen molar-refractivity contribution in [3.63, 3.8) is 0 Å². The second kappa shape index (κ2) is 4.17. The van der Waals surface area contributed by atoms with Gasteiger partial charge >= 0.3 is 0 Å². The lowest BCUT2D eigenvalue weighted by atomic mass is 10.3. The SMILES string of the molecule is Cc1ccc(=O)n(-c2ccc([N+](=O)[O-])cn2)c1. The lowest BCUT2D eigenvalue weighted by molar-refractivity contribution is -0.385. The predicted molar refractivity (Wildman–Crippen MR) is 61.2 cm³/mol. The van der Waals surface area contributed by atoms with Crippen LogP contribution < -0.4 is 5.56 Å². The molecule has 2 heterocycles. The summed E-state index contributed by atoms with van der Waals surface area (Å²) in [6, 6.07) is 5.89. The third-order valence-electron chi connectivity index (χ3n) is 2.25. The molecule has 0 atom stereocenters. The number of pyridine rings is 2. The molecule has 0 aliphatic carbocycles. The quantitative estimate of drug-likeness (QED) is 0.578. The Hall–Kier alpha value is -2.50. The van der Waals surface area contributed by atoms with Crippen molar-refractivity contribution in [2.75, 3.05) is 0 Å². The second-order valence-corrected chi connectivity index (χ2v) is 3.55. The maximum Gasteiger partial charge on any atom is 0.287 e. The van der Waals surface area contributed by atoms with Crippen molar-refractivity contribution in [2.45, 2.75) is 6.92 Å². The Morgan fingerprint density at radius 1 is 1.29 bits per heavy atom. The molecule has 2 aromatic rings. The monoisotopic (exact) mass is 231 g/mol. The first kappa shape index (κ1) is 11.0. The molecule has 6 nitrogen and oxygen atoms in total. The van der Waals surface area contributed by atoms with Gasteiger partial charge in [0.2, 0.25) is 0 Å². The lowest BCUT2D eigenvalue weighted by Gasteiger charge is -2.04. The van der Waals surface area contributed by atoms with Gasteiger partial charge in [0.15, 0.2) is 0 Å². The van der Waals surface area contributed by atoms with Gasteiger partial charge < -0.3 is 0 Å². The van der Waals surface area contributed by atoms with E-state index in [1.165, 1.54) is 22.8 Å². The van der Waals surface area contributed by atoms with Crippen LogP contribution in [-0.4, -0.2) is 14.5 Å². The van der Waals surface area contributed by atoms with Crippen LogP contribution in [0.1, 0.15) is 5.56 Å². The van der Waals surface area contributed by atoms with Crippen molar-refractivity contribution < 1.29 is 4.92 Å². The van der Waals surface area contributed by atoms with E-state index in [4.69, 9.17) is 0 Å². The third-order valence-corrected chi connectivity index (χ3v) is 2.25. The van der Waals surface area contributed by atoms with Crippen molar-refractivity contribution >= 4 is 5.69 Å². The Balaban J connectivity index is 2.50. The summed E-state index contributed by atoms with van der Waals surface area (Å²) >= 11 is 0. The molecule has 0 aliphatic heterocycles. The molecule has 2 rings (SSSR count). The molecule has 0 unspecified atom stereocenters. The third kappa shape index (κ3) is 2.20. The minimum Gasteiger partial charge on any atom is -0.269 e. The van der Waals surface area contributed by atoms with Crippen molar-refractivity contribution in [1.82, 2.24) is 9.55 Å². The zero-order chi connectivity index (χ0) is 12.4. The molecule has 17 heavy (non-hydrogen) atoms. The van der Waals surface area contributed by atoms with E-state index in [0.29, 0.717) is 5.82 Å². The predicted octanol–water partition coefficient (Wildman–Crippen LogP) is 1.45.